The largest absolute Gasteiger partial charge is 0.441 e. The Morgan fingerprint density at radius 1 is 0.889 bits per heavy atom. The van der Waals surface area contributed by atoms with E-state index in [1.165, 1.54) is 0 Å². The van der Waals surface area contributed by atoms with Crippen molar-refractivity contribution in [3.8, 4) is 0 Å². The third-order valence-corrected chi connectivity index (χ3v) is 3.88. The molecule has 160 valence electrons. The van der Waals surface area contributed by atoms with Crippen molar-refractivity contribution in [3.05, 3.63) is 0 Å². The van der Waals surface area contributed by atoms with Crippen LogP contribution in [0.15, 0.2) is 0 Å². The van der Waals surface area contributed by atoms with Crippen molar-refractivity contribution in [2.75, 3.05) is 39.5 Å². The van der Waals surface area contributed by atoms with Crippen molar-refractivity contribution in [1.29, 1.82) is 0 Å². The van der Waals surface area contributed by atoms with E-state index in [-0.39, 0.29) is 11.3 Å². The minimum Gasteiger partial charge on any atom is -0.441 e. The van der Waals surface area contributed by atoms with Gasteiger partial charge in [0.25, 0.3) is 0 Å². The molecule has 10 heteroatoms. The van der Waals surface area contributed by atoms with Gasteiger partial charge in [-0.1, -0.05) is 20.8 Å². The molecule has 0 aliphatic heterocycles. The monoisotopic (exact) mass is 394 g/mol. The number of hydrogen-bond acceptors (Lipinski definition) is 8. The van der Waals surface area contributed by atoms with Crippen molar-refractivity contribution in [3.63, 3.8) is 0 Å². The molecular weight excluding hydrogens is 360 g/mol. The van der Waals surface area contributed by atoms with Crippen LogP contribution in [0.25, 0.3) is 0 Å². The summed E-state index contributed by atoms with van der Waals surface area (Å²) in [5, 5.41) is 40.7. The first-order valence-electron chi connectivity index (χ1n) is 8.99. The molecule has 10 nitrogen and oxygen atoms in total. The summed E-state index contributed by atoms with van der Waals surface area (Å²) in [5.41, 5.74) is -0.230. The van der Waals surface area contributed by atoms with Crippen LogP contribution < -0.4 is 10.6 Å². The average molecular weight is 394 g/mol. The van der Waals surface area contributed by atoms with Gasteiger partial charge in [0.2, 0.25) is 0 Å². The Bertz CT molecular complexity index is 425. The number of carbonyl (C=O) groups excluding carboxylic acids is 2. The number of rotatable bonds is 13. The first-order chi connectivity index (χ1) is 12.7. The van der Waals surface area contributed by atoms with Crippen molar-refractivity contribution < 1.29 is 39.5 Å². The van der Waals surface area contributed by atoms with Gasteiger partial charge in [0.1, 0.15) is 12.2 Å². The molecule has 0 spiro atoms. The summed E-state index contributed by atoms with van der Waals surface area (Å²) in [5.74, 6) is 0.243. The molecule has 0 aliphatic carbocycles. The third kappa shape index (κ3) is 12.4. The fraction of sp³-hybridized carbons (Fsp3) is 0.882. The second-order valence-corrected chi connectivity index (χ2v) is 7.33. The van der Waals surface area contributed by atoms with Crippen LogP contribution >= 0.6 is 0 Å². The van der Waals surface area contributed by atoms with Gasteiger partial charge in [-0.15, -0.1) is 0 Å². The second kappa shape index (κ2) is 13.5. The van der Waals surface area contributed by atoms with Gasteiger partial charge in [-0.3, -0.25) is 0 Å². The van der Waals surface area contributed by atoms with Gasteiger partial charge in [-0.2, -0.15) is 0 Å². The Labute approximate surface area is 159 Å². The summed E-state index contributed by atoms with van der Waals surface area (Å²) in [6.45, 7) is 4.93. The van der Waals surface area contributed by atoms with E-state index in [0.29, 0.717) is 19.5 Å². The summed E-state index contributed by atoms with van der Waals surface area (Å²) < 4.78 is 9.64. The van der Waals surface area contributed by atoms with Gasteiger partial charge in [0.05, 0.1) is 26.4 Å². The predicted molar refractivity (Wildman–Crippen MR) is 97.1 cm³/mol. The van der Waals surface area contributed by atoms with Crippen LogP contribution in [0, 0.1) is 11.3 Å². The molecule has 0 aromatic heterocycles. The van der Waals surface area contributed by atoms with Crippen LogP contribution in [0.3, 0.4) is 0 Å². The maximum atomic E-state index is 11.6. The summed E-state index contributed by atoms with van der Waals surface area (Å²) >= 11 is 0. The van der Waals surface area contributed by atoms with Crippen molar-refractivity contribution in [1.82, 2.24) is 10.6 Å². The number of aliphatic hydroxyl groups is 4. The van der Waals surface area contributed by atoms with E-state index in [1.807, 2.05) is 20.8 Å². The van der Waals surface area contributed by atoms with Crippen LogP contribution in [0.5, 0.6) is 0 Å². The molecule has 0 aliphatic rings. The Morgan fingerprint density at radius 3 is 1.78 bits per heavy atom. The molecule has 0 heterocycles. The zero-order chi connectivity index (χ0) is 20.9. The van der Waals surface area contributed by atoms with Gasteiger partial charge < -0.3 is 40.5 Å². The van der Waals surface area contributed by atoms with E-state index in [0.717, 1.165) is 6.42 Å². The molecule has 0 radical (unpaired) electrons. The summed E-state index contributed by atoms with van der Waals surface area (Å²) in [6, 6.07) is 0. The van der Waals surface area contributed by atoms with E-state index in [2.05, 4.69) is 10.6 Å². The zero-order valence-electron chi connectivity index (χ0n) is 16.3. The molecule has 1 atom stereocenters. The molecular formula is C17H34N2O8. The second-order valence-electron chi connectivity index (χ2n) is 7.33. The number of ether oxygens (including phenoxy) is 2. The predicted octanol–water partition coefficient (Wildman–Crippen LogP) is -0.412. The SMILES string of the molecule is CC(CCNC(=O)OC(CO)CO)CC(C)(C)CNC(=O)OC(CO)CO. The quantitative estimate of drug-likeness (QED) is 0.246. The van der Waals surface area contributed by atoms with Gasteiger partial charge in [-0.25, -0.2) is 9.59 Å². The fourth-order valence-electron chi connectivity index (χ4n) is 2.50. The molecule has 0 bridgehead atoms. The molecule has 0 aromatic carbocycles. The van der Waals surface area contributed by atoms with Crippen LogP contribution in [0.1, 0.15) is 33.6 Å². The summed E-state index contributed by atoms with van der Waals surface area (Å²) in [6.07, 6.45) is -1.80. The van der Waals surface area contributed by atoms with Crippen LogP contribution in [-0.4, -0.2) is 84.3 Å². The first kappa shape index (κ1) is 25.4. The van der Waals surface area contributed by atoms with E-state index >= 15 is 0 Å². The third-order valence-electron chi connectivity index (χ3n) is 3.88. The topological polar surface area (TPSA) is 158 Å². The fourth-order valence-corrected chi connectivity index (χ4v) is 2.50. The minimum atomic E-state index is -0.936. The lowest BCUT2D eigenvalue weighted by atomic mass is 9.82. The highest BCUT2D eigenvalue weighted by Crippen LogP contribution is 2.26. The highest BCUT2D eigenvalue weighted by atomic mass is 16.6. The first-order valence-corrected chi connectivity index (χ1v) is 8.99. The molecule has 1 unspecified atom stereocenters. The summed E-state index contributed by atoms with van der Waals surface area (Å²) in [7, 11) is 0. The Morgan fingerprint density at radius 2 is 1.33 bits per heavy atom. The van der Waals surface area contributed by atoms with Crippen LogP contribution in [0.2, 0.25) is 0 Å². The average Bonchev–Trinajstić information content (AvgIpc) is 2.62. The molecule has 0 saturated heterocycles. The van der Waals surface area contributed by atoms with E-state index < -0.39 is 50.8 Å². The van der Waals surface area contributed by atoms with Crippen molar-refractivity contribution >= 4 is 12.2 Å². The molecule has 27 heavy (non-hydrogen) atoms. The number of carbonyl (C=O) groups is 2. The van der Waals surface area contributed by atoms with Gasteiger partial charge >= 0.3 is 12.2 Å². The molecule has 0 aromatic rings. The molecule has 2 amide bonds. The number of alkyl carbamates (subject to hydrolysis) is 2. The normalized spacial score (nSPS) is 12.8. The van der Waals surface area contributed by atoms with Crippen LogP contribution in [-0.2, 0) is 9.47 Å². The number of hydrogen-bond donors (Lipinski definition) is 6. The minimum absolute atomic E-state index is 0.230. The van der Waals surface area contributed by atoms with E-state index in [4.69, 9.17) is 29.9 Å². The van der Waals surface area contributed by atoms with Gasteiger partial charge in [-0.05, 0) is 24.2 Å². The zero-order valence-corrected chi connectivity index (χ0v) is 16.3. The van der Waals surface area contributed by atoms with Crippen molar-refractivity contribution in [2.45, 2.75) is 45.8 Å². The number of nitrogens with one attached hydrogen (secondary N) is 2. The lowest BCUT2D eigenvalue weighted by Crippen LogP contribution is -2.38. The highest BCUT2D eigenvalue weighted by Gasteiger charge is 2.23. The van der Waals surface area contributed by atoms with Crippen LogP contribution in [0.4, 0.5) is 9.59 Å². The molecule has 0 rings (SSSR count). The van der Waals surface area contributed by atoms with Gasteiger partial charge in [0, 0.05) is 13.1 Å². The molecule has 6 N–H and O–H groups in total. The van der Waals surface area contributed by atoms with E-state index in [1.54, 1.807) is 0 Å². The van der Waals surface area contributed by atoms with Crippen molar-refractivity contribution in [2.24, 2.45) is 11.3 Å². The lowest BCUT2D eigenvalue weighted by molar-refractivity contribution is 0.0208. The smallest absolute Gasteiger partial charge is 0.407 e. The number of aliphatic hydroxyl groups excluding tert-OH is 4. The summed E-state index contributed by atoms with van der Waals surface area (Å²) in [4.78, 5) is 23.1. The molecule has 0 fully saturated rings. The Hall–Kier alpha value is -1.62. The maximum absolute atomic E-state index is 11.6. The number of amides is 2. The lowest BCUT2D eigenvalue weighted by Gasteiger charge is -2.28. The highest BCUT2D eigenvalue weighted by molar-refractivity contribution is 5.67. The standard InChI is InChI=1S/C17H34N2O8/c1-12(4-5-18-15(24)26-13(7-20)8-21)6-17(2,3)11-19-16(25)27-14(9-22)10-23/h12-14,20-23H,4-11H2,1-3H3,(H,18,24)(H,19,25). The molecule has 0 saturated carbocycles. The van der Waals surface area contributed by atoms with E-state index in [9.17, 15) is 9.59 Å². The Balaban J connectivity index is 4.11. The van der Waals surface area contributed by atoms with Gasteiger partial charge in [0.15, 0.2) is 0 Å². The Kier molecular flexibility index (Phi) is 12.7. The maximum Gasteiger partial charge on any atom is 0.407 e.